The molecule has 1 nitrogen and oxygen atoms in total. The normalized spacial score (nSPS) is 11.2. The lowest BCUT2D eigenvalue weighted by Gasteiger charge is -2.24. The first-order chi connectivity index (χ1) is 5.12. The van der Waals surface area contributed by atoms with Gasteiger partial charge in [0.2, 0.25) is 0 Å². The first-order valence-corrected chi connectivity index (χ1v) is 4.51. The summed E-state index contributed by atoms with van der Waals surface area (Å²) in [6.07, 6.45) is 6.95. The van der Waals surface area contributed by atoms with Crippen molar-refractivity contribution in [2.45, 2.75) is 52.0 Å². The molecule has 0 aromatic rings. The number of hydrogen-bond donors (Lipinski definition) is 1. The molecule has 0 aliphatic heterocycles. The first-order valence-electron chi connectivity index (χ1n) is 4.51. The molecule has 0 aliphatic rings. The van der Waals surface area contributed by atoms with E-state index in [0.717, 1.165) is 0 Å². The maximum Gasteiger partial charge on any atom is 0.0311 e. The van der Waals surface area contributed by atoms with Crippen molar-refractivity contribution in [3.05, 3.63) is 12.8 Å². The van der Waals surface area contributed by atoms with Gasteiger partial charge in [-0.1, -0.05) is 32.8 Å². The zero-order valence-electron chi connectivity index (χ0n) is 8.11. The van der Waals surface area contributed by atoms with Gasteiger partial charge in [0.05, 0.1) is 0 Å². The summed E-state index contributed by atoms with van der Waals surface area (Å²) in [5.74, 6) is 0. The van der Waals surface area contributed by atoms with E-state index >= 15 is 0 Å². The molecule has 66 valence electrons. The van der Waals surface area contributed by atoms with E-state index in [9.17, 15) is 0 Å². The monoisotopic (exact) mass is 155 g/mol. The van der Waals surface area contributed by atoms with Crippen LogP contribution in [0.25, 0.3) is 0 Å². The third kappa shape index (κ3) is 5.96. The van der Waals surface area contributed by atoms with Crippen LogP contribution < -0.4 is 5.32 Å². The van der Waals surface area contributed by atoms with E-state index in [4.69, 9.17) is 0 Å². The molecule has 0 saturated carbocycles. The average Bonchev–Trinajstić information content (AvgIpc) is 1.87. The Hall–Kier alpha value is -0.460. The molecule has 0 bridgehead atoms. The Balaban J connectivity index is 3.45. The molecule has 11 heavy (non-hydrogen) atoms. The second-order valence-electron chi connectivity index (χ2n) is 3.69. The van der Waals surface area contributed by atoms with Crippen LogP contribution in [-0.4, -0.2) is 5.54 Å². The van der Waals surface area contributed by atoms with E-state index in [1.54, 1.807) is 6.20 Å². The molecule has 0 fully saturated rings. The van der Waals surface area contributed by atoms with Crippen LogP contribution in [0.5, 0.6) is 0 Å². The Morgan fingerprint density at radius 3 is 2.45 bits per heavy atom. The van der Waals surface area contributed by atoms with Crippen molar-refractivity contribution in [2.24, 2.45) is 0 Å². The summed E-state index contributed by atoms with van der Waals surface area (Å²) < 4.78 is 0. The Morgan fingerprint density at radius 2 is 2.00 bits per heavy atom. The van der Waals surface area contributed by atoms with Crippen LogP contribution in [0.15, 0.2) is 12.8 Å². The third-order valence-corrected chi connectivity index (χ3v) is 1.90. The fourth-order valence-corrected chi connectivity index (χ4v) is 1.17. The smallest absolute Gasteiger partial charge is 0.0311 e. The summed E-state index contributed by atoms with van der Waals surface area (Å²) in [6.45, 7) is 10.3. The molecule has 1 heteroatoms. The molecule has 0 spiro atoms. The van der Waals surface area contributed by atoms with Gasteiger partial charge in [0.1, 0.15) is 0 Å². The fourth-order valence-electron chi connectivity index (χ4n) is 1.17. The van der Waals surface area contributed by atoms with Gasteiger partial charge in [0.15, 0.2) is 0 Å². The summed E-state index contributed by atoms with van der Waals surface area (Å²) >= 11 is 0. The van der Waals surface area contributed by atoms with Gasteiger partial charge in [0.25, 0.3) is 0 Å². The standard InChI is InChI=1S/C10H21N/c1-5-7-8-9-10(3,4)11-6-2/h6,11H,2,5,7-9H2,1,3-4H3. The van der Waals surface area contributed by atoms with E-state index in [1.807, 2.05) is 0 Å². The van der Waals surface area contributed by atoms with Crippen LogP contribution in [0.4, 0.5) is 0 Å². The molecule has 0 aromatic carbocycles. The molecule has 0 aromatic heterocycles. The third-order valence-electron chi connectivity index (χ3n) is 1.90. The van der Waals surface area contributed by atoms with Gasteiger partial charge in [-0.25, -0.2) is 0 Å². The van der Waals surface area contributed by atoms with Gasteiger partial charge >= 0.3 is 0 Å². The van der Waals surface area contributed by atoms with Crippen LogP contribution in [-0.2, 0) is 0 Å². The lowest BCUT2D eigenvalue weighted by molar-refractivity contribution is 0.391. The summed E-state index contributed by atoms with van der Waals surface area (Å²) in [5.41, 5.74) is 0.233. The minimum atomic E-state index is 0.233. The highest BCUT2D eigenvalue weighted by molar-refractivity contribution is 4.82. The van der Waals surface area contributed by atoms with E-state index in [2.05, 4.69) is 32.7 Å². The van der Waals surface area contributed by atoms with Crippen LogP contribution in [0, 0.1) is 0 Å². The van der Waals surface area contributed by atoms with Crippen LogP contribution in [0.3, 0.4) is 0 Å². The van der Waals surface area contributed by atoms with Gasteiger partial charge in [-0.3, -0.25) is 0 Å². The largest absolute Gasteiger partial charge is 0.386 e. The Morgan fingerprint density at radius 1 is 1.36 bits per heavy atom. The molecule has 0 heterocycles. The van der Waals surface area contributed by atoms with Gasteiger partial charge in [-0.05, 0) is 26.5 Å². The number of hydrogen-bond acceptors (Lipinski definition) is 1. The molecule has 0 aliphatic carbocycles. The van der Waals surface area contributed by atoms with Gasteiger partial charge in [-0.15, -0.1) is 0 Å². The maximum absolute atomic E-state index is 3.66. The first kappa shape index (κ1) is 10.5. The van der Waals surface area contributed by atoms with Crippen molar-refractivity contribution in [3.63, 3.8) is 0 Å². The number of rotatable bonds is 6. The second kappa shape index (κ2) is 5.22. The molecular formula is C10H21N. The van der Waals surface area contributed by atoms with Crippen molar-refractivity contribution in [2.75, 3.05) is 0 Å². The van der Waals surface area contributed by atoms with Crippen LogP contribution >= 0.6 is 0 Å². The second-order valence-corrected chi connectivity index (χ2v) is 3.69. The lowest BCUT2D eigenvalue weighted by atomic mass is 9.97. The maximum atomic E-state index is 3.66. The van der Waals surface area contributed by atoms with Gasteiger partial charge in [-0.2, -0.15) is 0 Å². The number of nitrogens with one attached hydrogen (secondary N) is 1. The van der Waals surface area contributed by atoms with Crippen molar-refractivity contribution in [1.29, 1.82) is 0 Å². The Labute approximate surface area is 70.9 Å². The zero-order chi connectivity index (χ0) is 8.74. The molecule has 0 atom stereocenters. The average molecular weight is 155 g/mol. The fraction of sp³-hybridized carbons (Fsp3) is 0.800. The molecule has 0 unspecified atom stereocenters. The highest BCUT2D eigenvalue weighted by atomic mass is 14.9. The zero-order valence-corrected chi connectivity index (χ0v) is 8.11. The van der Waals surface area contributed by atoms with Gasteiger partial charge in [0, 0.05) is 5.54 Å². The molecule has 0 saturated heterocycles. The van der Waals surface area contributed by atoms with Crippen LogP contribution in [0.1, 0.15) is 46.5 Å². The van der Waals surface area contributed by atoms with E-state index in [1.165, 1.54) is 25.7 Å². The minimum Gasteiger partial charge on any atom is -0.386 e. The molecule has 1 N–H and O–H groups in total. The minimum absolute atomic E-state index is 0.233. The molecule has 0 radical (unpaired) electrons. The highest BCUT2D eigenvalue weighted by Crippen LogP contribution is 2.13. The lowest BCUT2D eigenvalue weighted by Crippen LogP contribution is -2.34. The highest BCUT2D eigenvalue weighted by Gasteiger charge is 2.13. The quantitative estimate of drug-likeness (QED) is 0.581. The van der Waals surface area contributed by atoms with Crippen molar-refractivity contribution < 1.29 is 0 Å². The predicted molar refractivity (Wildman–Crippen MR) is 51.6 cm³/mol. The van der Waals surface area contributed by atoms with Crippen molar-refractivity contribution in [1.82, 2.24) is 5.32 Å². The van der Waals surface area contributed by atoms with Crippen LogP contribution in [0.2, 0.25) is 0 Å². The Kier molecular flexibility index (Phi) is 5.01. The van der Waals surface area contributed by atoms with E-state index in [0.29, 0.717) is 0 Å². The molecule has 0 rings (SSSR count). The van der Waals surface area contributed by atoms with Crippen molar-refractivity contribution in [3.8, 4) is 0 Å². The summed E-state index contributed by atoms with van der Waals surface area (Å²) in [5, 5.41) is 3.24. The predicted octanol–water partition coefficient (Wildman–Crippen LogP) is 3.08. The van der Waals surface area contributed by atoms with E-state index < -0.39 is 0 Å². The Bertz CT molecular complexity index is 105. The molecular weight excluding hydrogens is 134 g/mol. The number of unbranched alkanes of at least 4 members (excludes halogenated alkanes) is 2. The van der Waals surface area contributed by atoms with E-state index in [-0.39, 0.29) is 5.54 Å². The summed E-state index contributed by atoms with van der Waals surface area (Å²) in [4.78, 5) is 0. The SMILES string of the molecule is C=CNC(C)(C)CCCCC. The molecule has 0 amide bonds. The summed E-state index contributed by atoms with van der Waals surface area (Å²) in [6, 6.07) is 0. The van der Waals surface area contributed by atoms with Gasteiger partial charge < -0.3 is 5.32 Å². The van der Waals surface area contributed by atoms with Crippen molar-refractivity contribution >= 4 is 0 Å². The topological polar surface area (TPSA) is 12.0 Å². The summed E-state index contributed by atoms with van der Waals surface area (Å²) in [7, 11) is 0.